The van der Waals surface area contributed by atoms with E-state index in [2.05, 4.69) is 4.98 Å². The number of nitrogens with zero attached hydrogens (tertiary/aromatic N) is 2. The molecular formula is C13H16N2O3. The molecule has 96 valence electrons. The topological polar surface area (TPSA) is 67.5 Å². The van der Waals surface area contributed by atoms with Crippen LogP contribution in [0.15, 0.2) is 36.7 Å². The molecule has 1 heterocycles. The summed E-state index contributed by atoms with van der Waals surface area (Å²) in [6.45, 7) is 0.0405. The van der Waals surface area contributed by atoms with Crippen molar-refractivity contribution in [1.29, 1.82) is 0 Å². The zero-order valence-corrected chi connectivity index (χ0v) is 10.2. The summed E-state index contributed by atoms with van der Waals surface area (Å²) >= 11 is 0. The van der Waals surface area contributed by atoms with Gasteiger partial charge in [0.2, 0.25) is 0 Å². The van der Waals surface area contributed by atoms with Crippen LogP contribution in [0.3, 0.4) is 0 Å². The second kappa shape index (κ2) is 5.66. The van der Waals surface area contributed by atoms with Crippen molar-refractivity contribution < 1.29 is 14.9 Å². The Kier molecular flexibility index (Phi) is 3.96. The van der Waals surface area contributed by atoms with E-state index in [1.54, 1.807) is 24.1 Å². The van der Waals surface area contributed by atoms with E-state index in [-0.39, 0.29) is 6.61 Å². The smallest absolute Gasteiger partial charge is 0.140 e. The SMILES string of the molecule is COc1cccc(-c2nccn2CC(O)CO)c1. The fourth-order valence-corrected chi connectivity index (χ4v) is 1.76. The Morgan fingerprint density at radius 3 is 3.00 bits per heavy atom. The minimum Gasteiger partial charge on any atom is -0.497 e. The molecule has 0 aliphatic heterocycles. The molecule has 2 N–H and O–H groups in total. The van der Waals surface area contributed by atoms with Crippen LogP contribution in [0.1, 0.15) is 0 Å². The molecule has 5 heteroatoms. The molecular weight excluding hydrogens is 232 g/mol. The molecule has 0 fully saturated rings. The van der Waals surface area contributed by atoms with Gasteiger partial charge in [-0.3, -0.25) is 0 Å². The lowest BCUT2D eigenvalue weighted by Gasteiger charge is -2.11. The molecule has 1 aromatic carbocycles. The lowest BCUT2D eigenvalue weighted by Crippen LogP contribution is -2.19. The molecule has 2 aromatic rings. The number of methoxy groups -OCH3 is 1. The second-order valence-corrected chi connectivity index (χ2v) is 3.97. The van der Waals surface area contributed by atoms with Gasteiger partial charge in [0.15, 0.2) is 0 Å². The van der Waals surface area contributed by atoms with Crippen molar-refractivity contribution in [1.82, 2.24) is 9.55 Å². The molecule has 0 amide bonds. The van der Waals surface area contributed by atoms with Crippen molar-refractivity contribution in [3.05, 3.63) is 36.7 Å². The van der Waals surface area contributed by atoms with Crippen LogP contribution in [-0.2, 0) is 6.54 Å². The predicted octanol–water partition coefficient (Wildman–Crippen LogP) is 0.912. The van der Waals surface area contributed by atoms with Gasteiger partial charge in [0, 0.05) is 18.0 Å². The summed E-state index contributed by atoms with van der Waals surface area (Å²) in [5.74, 6) is 1.49. The summed E-state index contributed by atoms with van der Waals surface area (Å²) in [6, 6.07) is 7.55. The van der Waals surface area contributed by atoms with Gasteiger partial charge in [-0.2, -0.15) is 0 Å². The molecule has 0 saturated carbocycles. The number of aliphatic hydroxyl groups is 2. The van der Waals surface area contributed by atoms with Gasteiger partial charge in [-0.05, 0) is 12.1 Å². The molecule has 0 saturated heterocycles. The van der Waals surface area contributed by atoms with Gasteiger partial charge in [0.25, 0.3) is 0 Å². The van der Waals surface area contributed by atoms with Crippen LogP contribution in [-0.4, -0.2) is 39.6 Å². The van der Waals surface area contributed by atoms with E-state index < -0.39 is 6.10 Å². The highest BCUT2D eigenvalue weighted by Crippen LogP contribution is 2.22. The summed E-state index contributed by atoms with van der Waals surface area (Å²) in [5.41, 5.74) is 0.907. The van der Waals surface area contributed by atoms with Crippen molar-refractivity contribution in [3.63, 3.8) is 0 Å². The molecule has 2 rings (SSSR count). The van der Waals surface area contributed by atoms with E-state index in [4.69, 9.17) is 9.84 Å². The van der Waals surface area contributed by atoms with Crippen LogP contribution in [0.4, 0.5) is 0 Å². The van der Waals surface area contributed by atoms with Crippen LogP contribution < -0.4 is 4.74 Å². The summed E-state index contributed by atoms with van der Waals surface area (Å²) < 4.78 is 6.97. The van der Waals surface area contributed by atoms with Gasteiger partial charge >= 0.3 is 0 Å². The first kappa shape index (κ1) is 12.6. The van der Waals surface area contributed by atoms with Crippen LogP contribution in [0, 0.1) is 0 Å². The lowest BCUT2D eigenvalue weighted by molar-refractivity contribution is 0.0816. The maximum absolute atomic E-state index is 9.48. The Morgan fingerprint density at radius 2 is 2.28 bits per heavy atom. The lowest BCUT2D eigenvalue weighted by atomic mass is 10.2. The minimum atomic E-state index is -0.788. The second-order valence-electron chi connectivity index (χ2n) is 3.97. The van der Waals surface area contributed by atoms with Crippen molar-refractivity contribution in [2.45, 2.75) is 12.6 Å². The first-order valence-corrected chi connectivity index (χ1v) is 5.69. The molecule has 0 bridgehead atoms. The largest absolute Gasteiger partial charge is 0.497 e. The van der Waals surface area contributed by atoms with Gasteiger partial charge in [-0.15, -0.1) is 0 Å². The quantitative estimate of drug-likeness (QED) is 0.825. The Bertz CT molecular complexity index is 510. The van der Waals surface area contributed by atoms with Gasteiger partial charge < -0.3 is 19.5 Å². The van der Waals surface area contributed by atoms with Crippen molar-refractivity contribution in [2.24, 2.45) is 0 Å². The molecule has 18 heavy (non-hydrogen) atoms. The minimum absolute atomic E-state index is 0.268. The standard InChI is InChI=1S/C13H16N2O3/c1-18-12-4-2-3-10(7-12)13-14-5-6-15(13)8-11(17)9-16/h2-7,11,16-17H,8-9H2,1H3. The average Bonchev–Trinajstić information content (AvgIpc) is 2.86. The predicted molar refractivity (Wildman–Crippen MR) is 67.3 cm³/mol. The van der Waals surface area contributed by atoms with Gasteiger partial charge in [-0.1, -0.05) is 12.1 Å². The zero-order chi connectivity index (χ0) is 13.0. The summed E-state index contributed by atoms with van der Waals surface area (Å²) in [7, 11) is 1.61. The molecule has 1 unspecified atom stereocenters. The van der Waals surface area contributed by atoms with Crippen LogP contribution in [0.5, 0.6) is 5.75 Å². The highest BCUT2D eigenvalue weighted by molar-refractivity contribution is 5.58. The molecule has 0 radical (unpaired) electrons. The van der Waals surface area contributed by atoms with Crippen LogP contribution in [0.25, 0.3) is 11.4 Å². The van der Waals surface area contributed by atoms with E-state index in [1.807, 2.05) is 24.3 Å². The zero-order valence-electron chi connectivity index (χ0n) is 10.2. The van der Waals surface area contributed by atoms with E-state index in [0.717, 1.165) is 17.1 Å². The number of benzene rings is 1. The molecule has 1 aromatic heterocycles. The number of ether oxygens (including phenoxy) is 1. The van der Waals surface area contributed by atoms with E-state index in [9.17, 15) is 5.11 Å². The fourth-order valence-electron chi connectivity index (χ4n) is 1.76. The third-order valence-corrected chi connectivity index (χ3v) is 2.66. The third kappa shape index (κ3) is 2.69. The first-order chi connectivity index (χ1) is 8.74. The van der Waals surface area contributed by atoms with Crippen molar-refractivity contribution in [2.75, 3.05) is 13.7 Å². The Balaban J connectivity index is 2.30. The van der Waals surface area contributed by atoms with E-state index in [0.29, 0.717) is 6.54 Å². The number of imidazole rings is 1. The Labute approximate surface area is 105 Å². The molecule has 0 aliphatic rings. The third-order valence-electron chi connectivity index (χ3n) is 2.66. The maximum Gasteiger partial charge on any atom is 0.140 e. The molecule has 0 aliphatic carbocycles. The first-order valence-electron chi connectivity index (χ1n) is 5.69. The monoisotopic (exact) mass is 248 g/mol. The summed E-state index contributed by atoms with van der Waals surface area (Å²) in [6.07, 6.45) is 2.65. The van der Waals surface area contributed by atoms with Gasteiger partial charge in [0.05, 0.1) is 26.4 Å². The normalized spacial score (nSPS) is 12.4. The van der Waals surface area contributed by atoms with Crippen molar-refractivity contribution >= 4 is 0 Å². The summed E-state index contributed by atoms with van der Waals surface area (Å²) in [5, 5.41) is 18.4. The Morgan fingerprint density at radius 1 is 1.44 bits per heavy atom. The molecule has 0 spiro atoms. The number of rotatable bonds is 5. The van der Waals surface area contributed by atoms with Crippen molar-refractivity contribution in [3.8, 4) is 17.1 Å². The highest BCUT2D eigenvalue weighted by atomic mass is 16.5. The Hall–Kier alpha value is -1.85. The molecule has 5 nitrogen and oxygen atoms in total. The summed E-state index contributed by atoms with van der Waals surface area (Å²) in [4.78, 5) is 4.26. The highest BCUT2D eigenvalue weighted by Gasteiger charge is 2.10. The van der Waals surface area contributed by atoms with E-state index in [1.165, 1.54) is 0 Å². The number of hydrogen-bond donors (Lipinski definition) is 2. The number of aliphatic hydroxyl groups excluding tert-OH is 2. The van der Waals surface area contributed by atoms with Gasteiger partial charge in [-0.25, -0.2) is 4.98 Å². The number of hydrogen-bond acceptors (Lipinski definition) is 4. The van der Waals surface area contributed by atoms with E-state index >= 15 is 0 Å². The molecule has 1 atom stereocenters. The fraction of sp³-hybridized carbons (Fsp3) is 0.308. The maximum atomic E-state index is 9.48. The van der Waals surface area contributed by atoms with Crippen LogP contribution >= 0.6 is 0 Å². The average molecular weight is 248 g/mol. The number of aromatic nitrogens is 2. The van der Waals surface area contributed by atoms with Crippen LogP contribution in [0.2, 0.25) is 0 Å². The van der Waals surface area contributed by atoms with Gasteiger partial charge in [0.1, 0.15) is 11.6 Å².